The van der Waals surface area contributed by atoms with Crippen molar-refractivity contribution in [1.29, 1.82) is 0 Å². The first kappa shape index (κ1) is 13.4. The van der Waals surface area contributed by atoms with Crippen LogP contribution in [0.25, 0.3) is 0 Å². The number of amides is 2. The van der Waals surface area contributed by atoms with Crippen LogP contribution in [-0.2, 0) is 4.79 Å². The predicted octanol–water partition coefficient (Wildman–Crippen LogP) is 1.08. The third kappa shape index (κ3) is 4.35. The molecule has 0 saturated carbocycles. The first-order valence-corrected chi connectivity index (χ1v) is 5.88. The molecule has 0 spiro atoms. The van der Waals surface area contributed by atoms with E-state index >= 15 is 0 Å². The van der Waals surface area contributed by atoms with Crippen molar-refractivity contribution in [3.05, 3.63) is 5.82 Å². The average molecular weight is 258 g/mol. The summed E-state index contributed by atoms with van der Waals surface area (Å²) in [7, 11) is 0. The maximum Gasteiger partial charge on any atom is 0.321 e. The predicted molar refractivity (Wildman–Crippen MR) is 63.1 cm³/mol. The fraction of sp³-hybridized carbons (Fsp3) is 0.556. The number of aromatic nitrogens is 2. The summed E-state index contributed by atoms with van der Waals surface area (Å²) in [5.74, 6) is -0.904. The normalized spacial score (nSPS) is 11.9. The van der Waals surface area contributed by atoms with E-state index in [-0.39, 0.29) is 6.54 Å². The first-order valence-electron chi connectivity index (χ1n) is 5.11. The maximum absolute atomic E-state index is 11.4. The number of hydrogen-bond acceptors (Lipinski definition) is 5. The number of anilines is 1. The molecule has 1 atom stereocenters. The molecular weight excluding hydrogens is 244 g/mol. The van der Waals surface area contributed by atoms with Gasteiger partial charge in [-0.15, -0.1) is 0 Å². The van der Waals surface area contributed by atoms with E-state index in [4.69, 9.17) is 5.11 Å². The van der Waals surface area contributed by atoms with Gasteiger partial charge < -0.3 is 10.4 Å². The van der Waals surface area contributed by atoms with Crippen molar-refractivity contribution in [2.75, 3.05) is 11.9 Å². The summed E-state index contributed by atoms with van der Waals surface area (Å²) < 4.78 is 3.90. The van der Waals surface area contributed by atoms with Crippen LogP contribution in [0.1, 0.15) is 19.2 Å². The van der Waals surface area contributed by atoms with Crippen molar-refractivity contribution in [2.24, 2.45) is 5.92 Å². The molecule has 1 aromatic rings. The zero-order valence-corrected chi connectivity index (χ0v) is 10.4. The van der Waals surface area contributed by atoms with Crippen molar-refractivity contribution >= 4 is 28.7 Å². The van der Waals surface area contributed by atoms with Crippen LogP contribution in [0, 0.1) is 12.8 Å². The molecule has 0 fully saturated rings. The molecule has 1 aromatic heterocycles. The second-order valence-electron chi connectivity index (χ2n) is 3.43. The van der Waals surface area contributed by atoms with Gasteiger partial charge in [-0.05, 0) is 13.3 Å². The summed E-state index contributed by atoms with van der Waals surface area (Å²) >= 11 is 1.07. The Balaban J connectivity index is 2.37. The number of nitrogens with one attached hydrogen (secondary N) is 2. The lowest BCUT2D eigenvalue weighted by Gasteiger charge is -2.10. The summed E-state index contributed by atoms with van der Waals surface area (Å²) in [6, 6.07) is -0.471. The van der Waals surface area contributed by atoms with E-state index in [1.165, 1.54) is 0 Å². The molecule has 0 aromatic carbocycles. The molecule has 3 N–H and O–H groups in total. The molecule has 0 bridgehead atoms. The van der Waals surface area contributed by atoms with Gasteiger partial charge >= 0.3 is 12.0 Å². The molecule has 17 heavy (non-hydrogen) atoms. The van der Waals surface area contributed by atoms with Gasteiger partial charge in [-0.25, -0.2) is 9.78 Å². The van der Waals surface area contributed by atoms with Crippen LogP contribution in [0.4, 0.5) is 9.93 Å². The van der Waals surface area contributed by atoms with Crippen LogP contribution in [0.3, 0.4) is 0 Å². The minimum absolute atomic E-state index is 0.0927. The molecule has 0 aliphatic rings. The topological polar surface area (TPSA) is 104 Å². The fourth-order valence-electron chi connectivity index (χ4n) is 1.11. The number of aliphatic carboxylic acids is 1. The monoisotopic (exact) mass is 258 g/mol. The summed E-state index contributed by atoms with van der Waals surface area (Å²) in [4.78, 5) is 26.1. The van der Waals surface area contributed by atoms with Gasteiger partial charge in [0.2, 0.25) is 5.13 Å². The van der Waals surface area contributed by atoms with Gasteiger partial charge in [-0.2, -0.15) is 4.37 Å². The largest absolute Gasteiger partial charge is 0.481 e. The van der Waals surface area contributed by atoms with E-state index in [0.29, 0.717) is 17.4 Å². The van der Waals surface area contributed by atoms with E-state index < -0.39 is 17.9 Å². The van der Waals surface area contributed by atoms with Crippen molar-refractivity contribution < 1.29 is 14.7 Å². The molecule has 0 aliphatic carbocycles. The summed E-state index contributed by atoms with van der Waals surface area (Å²) in [5, 5.41) is 14.1. The quantitative estimate of drug-likeness (QED) is 0.733. The Morgan fingerprint density at radius 3 is 2.71 bits per heavy atom. The summed E-state index contributed by atoms with van der Waals surface area (Å²) in [6.07, 6.45) is 0.466. The Labute approximate surface area is 102 Å². The van der Waals surface area contributed by atoms with Gasteiger partial charge in [-0.1, -0.05) is 6.92 Å². The molecule has 94 valence electrons. The summed E-state index contributed by atoms with van der Waals surface area (Å²) in [5.41, 5.74) is 0. The standard InChI is InChI=1S/C9H14N4O3S/c1-3-6(7(14)15)4-10-8(16)12-9-11-5(2)13-17-9/h6H,3-4H2,1-2H3,(H,14,15)(H2,10,11,12,13,16). The number of rotatable bonds is 5. The van der Waals surface area contributed by atoms with Gasteiger partial charge in [0, 0.05) is 18.1 Å². The second-order valence-corrected chi connectivity index (χ2v) is 4.18. The Kier molecular flexibility index (Phi) is 4.83. The molecule has 0 radical (unpaired) electrons. The zero-order chi connectivity index (χ0) is 12.8. The van der Waals surface area contributed by atoms with Crippen molar-refractivity contribution in [3.8, 4) is 0 Å². The van der Waals surface area contributed by atoms with Crippen molar-refractivity contribution in [1.82, 2.24) is 14.7 Å². The first-order chi connectivity index (χ1) is 8.02. The third-order valence-corrected chi connectivity index (χ3v) is 2.82. The van der Waals surface area contributed by atoms with E-state index in [1.807, 2.05) is 0 Å². The van der Waals surface area contributed by atoms with Crippen LogP contribution in [-0.4, -0.2) is 33.0 Å². The number of hydrogen-bond donors (Lipinski definition) is 3. The van der Waals surface area contributed by atoms with E-state index in [1.54, 1.807) is 13.8 Å². The third-order valence-electron chi connectivity index (χ3n) is 2.10. The van der Waals surface area contributed by atoms with Crippen LogP contribution in [0.2, 0.25) is 0 Å². The van der Waals surface area contributed by atoms with E-state index in [9.17, 15) is 9.59 Å². The number of nitrogens with zero attached hydrogens (tertiary/aromatic N) is 2. The number of carboxylic acids is 1. The summed E-state index contributed by atoms with van der Waals surface area (Å²) in [6.45, 7) is 3.57. The van der Waals surface area contributed by atoms with Crippen molar-refractivity contribution in [2.45, 2.75) is 20.3 Å². The second kappa shape index (κ2) is 6.14. The van der Waals surface area contributed by atoms with Crippen LogP contribution < -0.4 is 10.6 Å². The van der Waals surface area contributed by atoms with Gasteiger partial charge in [0.15, 0.2) is 0 Å². The van der Waals surface area contributed by atoms with Gasteiger partial charge in [0.25, 0.3) is 0 Å². The van der Waals surface area contributed by atoms with Crippen LogP contribution in [0.15, 0.2) is 0 Å². The maximum atomic E-state index is 11.4. The average Bonchev–Trinajstić information content (AvgIpc) is 2.64. The highest BCUT2D eigenvalue weighted by atomic mass is 32.1. The fourth-order valence-corrected chi connectivity index (χ4v) is 1.68. The van der Waals surface area contributed by atoms with E-state index in [2.05, 4.69) is 20.0 Å². The van der Waals surface area contributed by atoms with Gasteiger partial charge in [0.1, 0.15) is 5.82 Å². The Morgan fingerprint density at radius 2 is 2.24 bits per heavy atom. The Morgan fingerprint density at radius 1 is 1.53 bits per heavy atom. The highest BCUT2D eigenvalue weighted by molar-refractivity contribution is 7.09. The SMILES string of the molecule is CCC(CNC(=O)Nc1nc(C)ns1)C(=O)O. The number of carbonyl (C=O) groups is 2. The van der Waals surface area contributed by atoms with Crippen LogP contribution in [0.5, 0.6) is 0 Å². The minimum atomic E-state index is -0.917. The molecular formula is C9H14N4O3S. The Hall–Kier alpha value is -1.70. The number of carbonyl (C=O) groups excluding carboxylic acids is 1. The highest BCUT2D eigenvalue weighted by Gasteiger charge is 2.16. The van der Waals surface area contributed by atoms with E-state index in [0.717, 1.165) is 11.5 Å². The van der Waals surface area contributed by atoms with Gasteiger partial charge in [-0.3, -0.25) is 10.1 Å². The number of aryl methyl sites for hydroxylation is 1. The lowest BCUT2D eigenvalue weighted by Crippen LogP contribution is -2.35. The molecule has 7 nitrogen and oxygen atoms in total. The smallest absolute Gasteiger partial charge is 0.321 e. The molecule has 1 unspecified atom stereocenters. The van der Waals surface area contributed by atoms with Gasteiger partial charge in [0.05, 0.1) is 5.92 Å². The molecule has 0 aliphatic heterocycles. The number of carboxylic acid groups (broad SMARTS) is 1. The van der Waals surface area contributed by atoms with Crippen LogP contribution >= 0.6 is 11.5 Å². The number of urea groups is 1. The minimum Gasteiger partial charge on any atom is -0.481 e. The lowest BCUT2D eigenvalue weighted by atomic mass is 10.1. The lowest BCUT2D eigenvalue weighted by molar-refractivity contribution is -0.141. The molecule has 0 saturated heterocycles. The molecule has 8 heteroatoms. The van der Waals surface area contributed by atoms with Crippen molar-refractivity contribution in [3.63, 3.8) is 0 Å². The zero-order valence-electron chi connectivity index (χ0n) is 9.56. The molecule has 1 heterocycles. The highest BCUT2D eigenvalue weighted by Crippen LogP contribution is 2.09. The molecule has 2 amide bonds. The Bertz CT molecular complexity index is 407. The molecule has 1 rings (SSSR count).